The third kappa shape index (κ3) is 4.32. The molecule has 0 aliphatic carbocycles. The van der Waals surface area contributed by atoms with E-state index in [2.05, 4.69) is 17.2 Å². The van der Waals surface area contributed by atoms with Crippen molar-refractivity contribution >= 4 is 11.6 Å². The Labute approximate surface area is 132 Å². The Kier molecular flexibility index (Phi) is 5.95. The zero-order valence-corrected chi connectivity index (χ0v) is 13.2. The van der Waals surface area contributed by atoms with E-state index in [1.54, 1.807) is 17.2 Å². The van der Waals surface area contributed by atoms with Crippen LogP contribution in [0, 0.1) is 0 Å². The lowest BCUT2D eigenvalue weighted by Gasteiger charge is -2.20. The van der Waals surface area contributed by atoms with Crippen molar-refractivity contribution in [1.82, 2.24) is 9.88 Å². The first-order valence-corrected chi connectivity index (χ1v) is 7.77. The van der Waals surface area contributed by atoms with E-state index in [9.17, 15) is 4.79 Å². The Morgan fingerprint density at radius 1 is 1.14 bits per heavy atom. The standard InChI is InChI=1S/C18H23N3O/c1-3-12-19-16-10-11-17(20-13-16)18(22)21(4-2)14-15-8-6-5-7-9-15/h5-11,13,19H,3-4,12,14H2,1-2H3. The first kappa shape index (κ1) is 16.0. The Bertz CT molecular complexity index is 581. The van der Waals surface area contributed by atoms with Gasteiger partial charge in [-0.25, -0.2) is 4.98 Å². The van der Waals surface area contributed by atoms with Gasteiger partial charge in [0.2, 0.25) is 0 Å². The second-order valence-electron chi connectivity index (χ2n) is 5.16. The fraction of sp³-hybridized carbons (Fsp3) is 0.333. The summed E-state index contributed by atoms with van der Waals surface area (Å²) in [6.45, 7) is 6.27. The summed E-state index contributed by atoms with van der Waals surface area (Å²) >= 11 is 0. The van der Waals surface area contributed by atoms with Gasteiger partial charge in [-0.15, -0.1) is 0 Å². The van der Waals surface area contributed by atoms with Crippen LogP contribution in [0.3, 0.4) is 0 Å². The molecule has 1 aromatic heterocycles. The molecule has 0 radical (unpaired) electrons. The third-order valence-electron chi connectivity index (χ3n) is 3.45. The molecule has 0 aliphatic heterocycles. The molecule has 2 rings (SSSR count). The lowest BCUT2D eigenvalue weighted by molar-refractivity contribution is 0.0746. The van der Waals surface area contributed by atoms with Crippen molar-refractivity contribution in [2.24, 2.45) is 0 Å². The van der Waals surface area contributed by atoms with Gasteiger partial charge in [0.25, 0.3) is 5.91 Å². The van der Waals surface area contributed by atoms with E-state index in [4.69, 9.17) is 0 Å². The van der Waals surface area contributed by atoms with E-state index in [1.807, 2.05) is 43.3 Å². The molecule has 1 heterocycles. The maximum Gasteiger partial charge on any atom is 0.272 e. The van der Waals surface area contributed by atoms with Gasteiger partial charge in [0, 0.05) is 19.6 Å². The third-order valence-corrected chi connectivity index (χ3v) is 3.45. The summed E-state index contributed by atoms with van der Waals surface area (Å²) in [5.74, 6) is -0.0339. The van der Waals surface area contributed by atoms with Crippen LogP contribution in [0.4, 0.5) is 5.69 Å². The van der Waals surface area contributed by atoms with Crippen molar-refractivity contribution in [3.8, 4) is 0 Å². The van der Waals surface area contributed by atoms with E-state index in [1.165, 1.54) is 0 Å². The van der Waals surface area contributed by atoms with E-state index >= 15 is 0 Å². The fourth-order valence-electron chi connectivity index (χ4n) is 2.19. The molecule has 0 saturated heterocycles. The van der Waals surface area contributed by atoms with Crippen molar-refractivity contribution in [2.75, 3.05) is 18.4 Å². The second-order valence-corrected chi connectivity index (χ2v) is 5.16. The summed E-state index contributed by atoms with van der Waals surface area (Å²) in [5.41, 5.74) is 2.56. The predicted molar refractivity (Wildman–Crippen MR) is 89.9 cm³/mol. The van der Waals surface area contributed by atoms with Crippen molar-refractivity contribution in [3.05, 3.63) is 59.9 Å². The van der Waals surface area contributed by atoms with Crippen LogP contribution in [0.1, 0.15) is 36.3 Å². The number of hydrogen-bond acceptors (Lipinski definition) is 3. The van der Waals surface area contributed by atoms with Crippen LogP contribution in [0.15, 0.2) is 48.7 Å². The SMILES string of the molecule is CCCNc1ccc(C(=O)N(CC)Cc2ccccc2)nc1. The van der Waals surface area contributed by atoms with Crippen molar-refractivity contribution in [3.63, 3.8) is 0 Å². The number of hydrogen-bond donors (Lipinski definition) is 1. The number of aromatic nitrogens is 1. The number of amides is 1. The minimum atomic E-state index is -0.0339. The summed E-state index contributed by atoms with van der Waals surface area (Å²) in [6, 6.07) is 13.7. The average molecular weight is 297 g/mol. The van der Waals surface area contributed by atoms with Crippen LogP contribution in [-0.2, 0) is 6.54 Å². The molecule has 4 heteroatoms. The van der Waals surface area contributed by atoms with Crippen LogP contribution in [0.2, 0.25) is 0 Å². The van der Waals surface area contributed by atoms with Crippen molar-refractivity contribution in [2.45, 2.75) is 26.8 Å². The van der Waals surface area contributed by atoms with Gasteiger partial charge < -0.3 is 10.2 Å². The molecule has 0 spiro atoms. The smallest absolute Gasteiger partial charge is 0.272 e. The van der Waals surface area contributed by atoms with Crippen LogP contribution in [0.25, 0.3) is 0 Å². The molecule has 0 unspecified atom stereocenters. The molecule has 0 aliphatic rings. The Morgan fingerprint density at radius 3 is 2.50 bits per heavy atom. The highest BCUT2D eigenvalue weighted by Crippen LogP contribution is 2.11. The number of benzene rings is 1. The van der Waals surface area contributed by atoms with Gasteiger partial charge >= 0.3 is 0 Å². The van der Waals surface area contributed by atoms with Gasteiger partial charge in [-0.05, 0) is 31.0 Å². The fourth-order valence-corrected chi connectivity index (χ4v) is 2.19. The zero-order valence-electron chi connectivity index (χ0n) is 13.2. The lowest BCUT2D eigenvalue weighted by Crippen LogP contribution is -2.30. The molecule has 1 aromatic carbocycles. The molecular weight excluding hydrogens is 274 g/mol. The molecule has 2 aromatic rings. The maximum absolute atomic E-state index is 12.5. The highest BCUT2D eigenvalue weighted by Gasteiger charge is 2.15. The predicted octanol–water partition coefficient (Wildman–Crippen LogP) is 3.57. The van der Waals surface area contributed by atoms with E-state index in [0.29, 0.717) is 18.8 Å². The van der Waals surface area contributed by atoms with E-state index in [0.717, 1.165) is 24.2 Å². The van der Waals surface area contributed by atoms with Crippen LogP contribution in [0.5, 0.6) is 0 Å². The Morgan fingerprint density at radius 2 is 1.91 bits per heavy atom. The number of nitrogens with one attached hydrogen (secondary N) is 1. The van der Waals surface area contributed by atoms with Gasteiger partial charge in [-0.1, -0.05) is 37.3 Å². The molecular formula is C18H23N3O. The largest absolute Gasteiger partial charge is 0.384 e. The van der Waals surface area contributed by atoms with Gasteiger partial charge in [0.05, 0.1) is 11.9 Å². The van der Waals surface area contributed by atoms with Crippen LogP contribution < -0.4 is 5.32 Å². The number of nitrogens with zero attached hydrogens (tertiary/aromatic N) is 2. The monoisotopic (exact) mass is 297 g/mol. The highest BCUT2D eigenvalue weighted by molar-refractivity contribution is 5.92. The van der Waals surface area contributed by atoms with E-state index in [-0.39, 0.29) is 5.91 Å². The maximum atomic E-state index is 12.5. The summed E-state index contributed by atoms with van der Waals surface area (Å²) in [7, 11) is 0. The summed E-state index contributed by atoms with van der Waals surface area (Å²) in [5, 5.41) is 3.26. The quantitative estimate of drug-likeness (QED) is 0.850. The summed E-state index contributed by atoms with van der Waals surface area (Å²) in [6.07, 6.45) is 2.78. The topological polar surface area (TPSA) is 45.2 Å². The molecule has 22 heavy (non-hydrogen) atoms. The minimum Gasteiger partial charge on any atom is -0.384 e. The average Bonchev–Trinajstić information content (AvgIpc) is 2.58. The molecule has 116 valence electrons. The van der Waals surface area contributed by atoms with Crippen LogP contribution >= 0.6 is 0 Å². The summed E-state index contributed by atoms with van der Waals surface area (Å²) in [4.78, 5) is 18.6. The molecule has 0 atom stereocenters. The highest BCUT2D eigenvalue weighted by atomic mass is 16.2. The number of pyridine rings is 1. The molecule has 0 fully saturated rings. The minimum absolute atomic E-state index is 0.0339. The molecule has 1 N–H and O–H groups in total. The van der Waals surface area contributed by atoms with Crippen LogP contribution in [-0.4, -0.2) is 28.9 Å². The number of rotatable bonds is 7. The van der Waals surface area contributed by atoms with Crippen molar-refractivity contribution < 1.29 is 4.79 Å². The first-order chi connectivity index (χ1) is 10.7. The van der Waals surface area contributed by atoms with Gasteiger partial charge in [-0.2, -0.15) is 0 Å². The zero-order chi connectivity index (χ0) is 15.8. The number of carbonyl (C=O) groups is 1. The number of anilines is 1. The first-order valence-electron chi connectivity index (χ1n) is 7.77. The molecule has 1 amide bonds. The van der Waals surface area contributed by atoms with Gasteiger partial charge in [0.1, 0.15) is 5.69 Å². The Hall–Kier alpha value is -2.36. The van der Waals surface area contributed by atoms with Gasteiger partial charge in [0.15, 0.2) is 0 Å². The molecule has 0 bridgehead atoms. The Balaban J connectivity index is 2.04. The van der Waals surface area contributed by atoms with Gasteiger partial charge in [-0.3, -0.25) is 4.79 Å². The molecule has 4 nitrogen and oxygen atoms in total. The summed E-state index contributed by atoms with van der Waals surface area (Å²) < 4.78 is 0. The van der Waals surface area contributed by atoms with Crippen molar-refractivity contribution in [1.29, 1.82) is 0 Å². The second kappa shape index (κ2) is 8.17. The normalized spacial score (nSPS) is 10.3. The molecule has 0 saturated carbocycles. The van der Waals surface area contributed by atoms with E-state index < -0.39 is 0 Å². The number of carbonyl (C=O) groups excluding carboxylic acids is 1. The lowest BCUT2D eigenvalue weighted by atomic mass is 10.2.